The maximum Gasteiger partial charge on any atom is 0.321 e. The number of nitrogens with zero attached hydrogens (tertiary/aromatic N) is 1. The molecule has 140 valence electrons. The Morgan fingerprint density at radius 3 is 2.44 bits per heavy atom. The van der Waals surface area contributed by atoms with Gasteiger partial charge in [0, 0.05) is 0 Å². The number of benzene rings is 2. The third-order valence-corrected chi connectivity index (χ3v) is 4.84. The minimum absolute atomic E-state index is 0.0201. The Labute approximate surface area is 156 Å². The van der Waals surface area contributed by atoms with Crippen LogP contribution in [0.15, 0.2) is 53.4 Å². The Balaban J connectivity index is 1.83. The summed E-state index contributed by atoms with van der Waals surface area (Å²) in [6.45, 7) is 0.602. The summed E-state index contributed by atoms with van der Waals surface area (Å²) < 4.78 is 31.0. The van der Waals surface area contributed by atoms with E-state index in [1.54, 1.807) is 24.3 Å². The van der Waals surface area contributed by atoms with Gasteiger partial charge in [-0.15, -0.1) is 0 Å². The van der Waals surface area contributed by atoms with Crippen molar-refractivity contribution in [1.82, 2.24) is 4.72 Å². The predicted octanol–water partition coefficient (Wildman–Crippen LogP) is 1.33. The average Bonchev–Trinajstić information content (AvgIpc) is 2.65. The van der Waals surface area contributed by atoms with Gasteiger partial charge < -0.3 is 10.1 Å². The fourth-order valence-corrected chi connectivity index (χ4v) is 3.00. The molecule has 0 aliphatic heterocycles. The summed E-state index contributed by atoms with van der Waals surface area (Å²) in [4.78, 5) is 23.5. The number of hydrogen-bond acceptors (Lipinski definition) is 6. The second kappa shape index (κ2) is 8.93. The number of amides is 1. The Bertz CT molecular complexity index is 979. The molecule has 8 nitrogen and oxygen atoms in total. The molecule has 2 aromatic carbocycles. The van der Waals surface area contributed by atoms with Crippen LogP contribution < -0.4 is 10.0 Å². The van der Waals surface area contributed by atoms with Crippen molar-refractivity contribution in [3.8, 4) is 6.07 Å². The minimum Gasteiger partial charge on any atom is -0.455 e. The van der Waals surface area contributed by atoms with Gasteiger partial charge in [0.05, 0.1) is 16.1 Å². The van der Waals surface area contributed by atoms with E-state index in [9.17, 15) is 18.0 Å². The molecule has 2 aromatic rings. The standard InChI is InChI=1S/C18H17N3O5S/c1-13-6-8-15(9-7-13)27(24,25)20-11-18(23)26-12-17(22)21-16-5-3-2-4-14(16)10-19/h2-9,20H,11-12H2,1H3,(H,21,22). The molecule has 27 heavy (non-hydrogen) atoms. The SMILES string of the molecule is Cc1ccc(S(=O)(=O)NCC(=O)OCC(=O)Nc2ccccc2C#N)cc1. The molecular weight excluding hydrogens is 370 g/mol. The molecule has 0 saturated heterocycles. The summed E-state index contributed by atoms with van der Waals surface area (Å²) in [5.41, 5.74) is 1.46. The van der Waals surface area contributed by atoms with Gasteiger partial charge in [0.1, 0.15) is 12.6 Å². The number of sulfonamides is 1. The molecule has 9 heteroatoms. The molecule has 0 heterocycles. The highest BCUT2D eigenvalue weighted by Crippen LogP contribution is 2.13. The number of carbonyl (C=O) groups is 2. The number of nitriles is 1. The monoisotopic (exact) mass is 387 g/mol. The van der Waals surface area contributed by atoms with E-state index in [1.165, 1.54) is 24.3 Å². The number of ether oxygens (including phenoxy) is 1. The molecule has 0 spiro atoms. The number of rotatable bonds is 7. The fourth-order valence-electron chi connectivity index (χ4n) is 2.03. The van der Waals surface area contributed by atoms with Crippen molar-refractivity contribution in [2.75, 3.05) is 18.5 Å². The van der Waals surface area contributed by atoms with Crippen molar-refractivity contribution >= 4 is 27.6 Å². The quantitative estimate of drug-likeness (QED) is 0.691. The second-order valence-electron chi connectivity index (χ2n) is 5.50. The summed E-state index contributed by atoms with van der Waals surface area (Å²) >= 11 is 0. The van der Waals surface area contributed by atoms with Crippen LogP contribution in [0.3, 0.4) is 0 Å². The molecule has 0 aliphatic rings. The maximum absolute atomic E-state index is 12.1. The first-order valence-electron chi connectivity index (χ1n) is 7.83. The lowest BCUT2D eigenvalue weighted by Gasteiger charge is -2.09. The molecule has 2 N–H and O–H groups in total. The fraction of sp³-hybridized carbons (Fsp3) is 0.167. The Morgan fingerprint density at radius 2 is 1.78 bits per heavy atom. The molecule has 1 amide bonds. The molecule has 0 atom stereocenters. The van der Waals surface area contributed by atoms with Gasteiger partial charge in [-0.1, -0.05) is 29.8 Å². The van der Waals surface area contributed by atoms with Crippen molar-refractivity contribution in [3.63, 3.8) is 0 Å². The zero-order chi connectivity index (χ0) is 19.9. The zero-order valence-corrected chi connectivity index (χ0v) is 15.2. The van der Waals surface area contributed by atoms with Gasteiger partial charge in [0.2, 0.25) is 10.0 Å². The number of esters is 1. The van der Waals surface area contributed by atoms with Crippen molar-refractivity contribution in [2.45, 2.75) is 11.8 Å². The number of nitrogens with one attached hydrogen (secondary N) is 2. The Morgan fingerprint density at radius 1 is 1.11 bits per heavy atom. The molecule has 2 rings (SSSR count). The van der Waals surface area contributed by atoms with Gasteiger partial charge in [-0.3, -0.25) is 9.59 Å². The molecule has 0 unspecified atom stereocenters. The van der Waals surface area contributed by atoms with E-state index in [2.05, 4.69) is 10.0 Å². The number of carbonyl (C=O) groups excluding carboxylic acids is 2. The van der Waals surface area contributed by atoms with Gasteiger partial charge in [0.15, 0.2) is 6.61 Å². The van der Waals surface area contributed by atoms with Crippen molar-refractivity contribution in [1.29, 1.82) is 5.26 Å². The van der Waals surface area contributed by atoms with E-state index in [4.69, 9.17) is 10.00 Å². The van der Waals surface area contributed by atoms with E-state index in [0.29, 0.717) is 5.69 Å². The summed E-state index contributed by atoms with van der Waals surface area (Å²) in [7, 11) is -3.86. The van der Waals surface area contributed by atoms with E-state index < -0.39 is 35.1 Å². The predicted molar refractivity (Wildman–Crippen MR) is 97.1 cm³/mol. The third kappa shape index (κ3) is 5.91. The topological polar surface area (TPSA) is 125 Å². The van der Waals surface area contributed by atoms with Crippen LogP contribution in [0, 0.1) is 18.3 Å². The smallest absolute Gasteiger partial charge is 0.321 e. The number of aryl methyl sites for hydroxylation is 1. The summed E-state index contributed by atoms with van der Waals surface area (Å²) in [6, 6.07) is 14.4. The number of para-hydroxylation sites is 1. The lowest BCUT2D eigenvalue weighted by Crippen LogP contribution is -2.32. The zero-order valence-electron chi connectivity index (χ0n) is 14.4. The van der Waals surface area contributed by atoms with E-state index in [0.717, 1.165) is 5.56 Å². The first-order valence-corrected chi connectivity index (χ1v) is 9.31. The van der Waals surface area contributed by atoms with E-state index in [-0.39, 0.29) is 10.5 Å². The average molecular weight is 387 g/mol. The summed E-state index contributed by atoms with van der Waals surface area (Å²) in [5, 5.41) is 11.4. The van der Waals surface area contributed by atoms with Crippen molar-refractivity contribution < 1.29 is 22.7 Å². The Hall–Kier alpha value is -3.22. The van der Waals surface area contributed by atoms with Crippen LogP contribution >= 0.6 is 0 Å². The summed E-state index contributed by atoms with van der Waals surface area (Å²) in [5.74, 6) is -1.55. The highest BCUT2D eigenvalue weighted by atomic mass is 32.2. The molecule has 0 aliphatic carbocycles. The van der Waals surface area contributed by atoms with Gasteiger partial charge in [-0.2, -0.15) is 9.98 Å². The van der Waals surface area contributed by atoms with Crippen LogP contribution in [0.25, 0.3) is 0 Å². The summed E-state index contributed by atoms with van der Waals surface area (Å²) in [6.07, 6.45) is 0. The van der Waals surface area contributed by atoms with Gasteiger partial charge in [-0.25, -0.2) is 8.42 Å². The van der Waals surface area contributed by atoms with Crippen LogP contribution in [0.5, 0.6) is 0 Å². The van der Waals surface area contributed by atoms with E-state index >= 15 is 0 Å². The van der Waals surface area contributed by atoms with Crippen LogP contribution in [0.2, 0.25) is 0 Å². The van der Waals surface area contributed by atoms with Crippen molar-refractivity contribution in [2.24, 2.45) is 0 Å². The second-order valence-corrected chi connectivity index (χ2v) is 7.27. The van der Waals surface area contributed by atoms with E-state index in [1.807, 2.05) is 13.0 Å². The largest absolute Gasteiger partial charge is 0.455 e. The first kappa shape index (κ1) is 20.1. The molecule has 0 fully saturated rings. The van der Waals surface area contributed by atoms with Crippen LogP contribution in [-0.2, 0) is 24.3 Å². The number of anilines is 1. The van der Waals surface area contributed by atoms with Gasteiger partial charge in [0.25, 0.3) is 5.91 Å². The van der Waals surface area contributed by atoms with Crippen LogP contribution in [0.1, 0.15) is 11.1 Å². The van der Waals surface area contributed by atoms with Gasteiger partial charge in [-0.05, 0) is 31.2 Å². The van der Waals surface area contributed by atoms with Crippen LogP contribution in [-0.4, -0.2) is 33.4 Å². The molecular formula is C18H17N3O5S. The Kier molecular flexibility index (Phi) is 6.65. The lowest BCUT2D eigenvalue weighted by atomic mass is 10.2. The van der Waals surface area contributed by atoms with Crippen LogP contribution in [0.4, 0.5) is 5.69 Å². The molecule has 0 radical (unpaired) electrons. The molecule has 0 aromatic heterocycles. The third-order valence-electron chi connectivity index (χ3n) is 3.42. The lowest BCUT2D eigenvalue weighted by molar-refractivity contribution is -0.146. The van der Waals surface area contributed by atoms with Gasteiger partial charge >= 0.3 is 5.97 Å². The highest BCUT2D eigenvalue weighted by molar-refractivity contribution is 7.89. The minimum atomic E-state index is -3.86. The molecule has 0 saturated carbocycles. The van der Waals surface area contributed by atoms with Crippen molar-refractivity contribution in [3.05, 3.63) is 59.7 Å². The normalized spacial score (nSPS) is 10.7. The highest BCUT2D eigenvalue weighted by Gasteiger charge is 2.16. The first-order chi connectivity index (χ1) is 12.8. The maximum atomic E-state index is 12.1. The molecule has 0 bridgehead atoms. The number of hydrogen-bond donors (Lipinski definition) is 2.